The number of halogens is 1. The number of carbonyl (C=O) groups is 1. The van der Waals surface area contributed by atoms with Crippen LogP contribution in [0.25, 0.3) is 0 Å². The summed E-state index contributed by atoms with van der Waals surface area (Å²) >= 11 is 6.33. The van der Waals surface area contributed by atoms with Crippen LogP contribution in [0.3, 0.4) is 0 Å². The molecule has 1 atom stereocenters. The molecule has 5 nitrogen and oxygen atoms in total. The maximum atomic E-state index is 11.7. The van der Waals surface area contributed by atoms with Gasteiger partial charge in [0.05, 0.1) is 25.8 Å². The third kappa shape index (κ3) is 4.68. The molecule has 2 rings (SSSR count). The predicted octanol–water partition coefficient (Wildman–Crippen LogP) is 1.05. The van der Waals surface area contributed by atoms with E-state index in [-0.39, 0.29) is 11.9 Å². The summed E-state index contributed by atoms with van der Waals surface area (Å²) in [6.07, 6.45) is 0. The Labute approximate surface area is 130 Å². The molecule has 6 heteroatoms. The molecule has 21 heavy (non-hydrogen) atoms. The molecular weight excluding hydrogens is 290 g/mol. The Hall–Kier alpha value is -1.14. The topological polar surface area (TPSA) is 53.6 Å². The van der Waals surface area contributed by atoms with Gasteiger partial charge in [-0.25, -0.2) is 0 Å². The van der Waals surface area contributed by atoms with Crippen LogP contribution < -0.4 is 10.6 Å². The van der Waals surface area contributed by atoms with Crippen molar-refractivity contribution in [3.63, 3.8) is 0 Å². The lowest BCUT2D eigenvalue weighted by Crippen LogP contribution is -2.45. The van der Waals surface area contributed by atoms with Crippen molar-refractivity contribution in [3.05, 3.63) is 34.9 Å². The van der Waals surface area contributed by atoms with Crippen LogP contribution in [0.15, 0.2) is 24.3 Å². The van der Waals surface area contributed by atoms with E-state index in [1.165, 1.54) is 0 Å². The van der Waals surface area contributed by atoms with Crippen LogP contribution in [0.2, 0.25) is 5.02 Å². The first-order valence-electron chi connectivity index (χ1n) is 7.20. The van der Waals surface area contributed by atoms with E-state index in [0.29, 0.717) is 26.3 Å². The van der Waals surface area contributed by atoms with E-state index < -0.39 is 0 Å². The number of benzene rings is 1. The highest BCUT2D eigenvalue weighted by atomic mass is 35.5. The first kappa shape index (κ1) is 16.2. The molecule has 116 valence electrons. The smallest absolute Gasteiger partial charge is 0.234 e. The molecule has 1 aliphatic rings. The van der Waals surface area contributed by atoms with Crippen molar-refractivity contribution in [1.29, 1.82) is 0 Å². The van der Waals surface area contributed by atoms with Gasteiger partial charge in [-0.15, -0.1) is 0 Å². The van der Waals surface area contributed by atoms with Crippen LogP contribution in [0.5, 0.6) is 0 Å². The van der Waals surface area contributed by atoms with Crippen LogP contribution in [-0.2, 0) is 9.53 Å². The number of rotatable bonds is 6. The van der Waals surface area contributed by atoms with Gasteiger partial charge >= 0.3 is 0 Å². The van der Waals surface area contributed by atoms with E-state index in [4.69, 9.17) is 16.3 Å². The fraction of sp³-hybridized carbons (Fsp3) is 0.533. The van der Waals surface area contributed by atoms with Gasteiger partial charge < -0.3 is 15.4 Å². The predicted molar refractivity (Wildman–Crippen MR) is 83.5 cm³/mol. The van der Waals surface area contributed by atoms with Crippen molar-refractivity contribution < 1.29 is 9.53 Å². The van der Waals surface area contributed by atoms with Crippen LogP contribution in [0.4, 0.5) is 0 Å². The second-order valence-electron chi connectivity index (χ2n) is 5.02. The fourth-order valence-electron chi connectivity index (χ4n) is 2.50. The number of carbonyl (C=O) groups excluding carboxylic acids is 1. The molecule has 0 radical (unpaired) electrons. The molecule has 2 N–H and O–H groups in total. The molecule has 0 aromatic heterocycles. The number of ether oxygens (including phenoxy) is 1. The van der Waals surface area contributed by atoms with Crippen LogP contribution in [0.1, 0.15) is 11.6 Å². The Kier molecular flexibility index (Phi) is 6.45. The van der Waals surface area contributed by atoms with Crippen molar-refractivity contribution in [3.8, 4) is 0 Å². The summed E-state index contributed by atoms with van der Waals surface area (Å²) < 4.78 is 5.41. The molecule has 1 heterocycles. The maximum absolute atomic E-state index is 11.7. The zero-order valence-corrected chi connectivity index (χ0v) is 13.0. The van der Waals surface area contributed by atoms with Gasteiger partial charge in [-0.1, -0.05) is 29.8 Å². The van der Waals surface area contributed by atoms with Crippen molar-refractivity contribution in [2.75, 3.05) is 46.4 Å². The van der Waals surface area contributed by atoms with E-state index in [1.807, 2.05) is 24.3 Å². The fourth-order valence-corrected chi connectivity index (χ4v) is 2.77. The van der Waals surface area contributed by atoms with E-state index in [1.54, 1.807) is 7.05 Å². The van der Waals surface area contributed by atoms with Gasteiger partial charge in [0.15, 0.2) is 0 Å². The maximum Gasteiger partial charge on any atom is 0.234 e. The molecule has 1 unspecified atom stereocenters. The number of hydrogen-bond acceptors (Lipinski definition) is 4. The van der Waals surface area contributed by atoms with E-state index in [0.717, 1.165) is 23.7 Å². The van der Waals surface area contributed by atoms with Gasteiger partial charge in [0, 0.05) is 24.7 Å². The average Bonchev–Trinajstić information content (AvgIpc) is 2.50. The van der Waals surface area contributed by atoms with E-state index >= 15 is 0 Å². The zero-order valence-electron chi connectivity index (χ0n) is 12.3. The third-order valence-electron chi connectivity index (χ3n) is 3.58. The van der Waals surface area contributed by atoms with Crippen LogP contribution in [-0.4, -0.2) is 57.2 Å². The summed E-state index contributed by atoms with van der Waals surface area (Å²) in [4.78, 5) is 14.0. The highest BCUT2D eigenvalue weighted by Gasteiger charge is 2.24. The van der Waals surface area contributed by atoms with Gasteiger partial charge in [0.25, 0.3) is 0 Å². The molecule has 1 saturated heterocycles. The first-order chi connectivity index (χ1) is 10.2. The summed E-state index contributed by atoms with van der Waals surface area (Å²) in [5.41, 5.74) is 1.05. The molecule has 0 aliphatic carbocycles. The number of hydrogen-bond donors (Lipinski definition) is 2. The Morgan fingerprint density at radius 3 is 2.76 bits per heavy atom. The van der Waals surface area contributed by atoms with Gasteiger partial charge in [-0.3, -0.25) is 9.69 Å². The van der Waals surface area contributed by atoms with Crippen molar-refractivity contribution >= 4 is 17.5 Å². The molecule has 1 amide bonds. The quantitative estimate of drug-likeness (QED) is 0.824. The lowest BCUT2D eigenvalue weighted by Gasteiger charge is -2.35. The van der Waals surface area contributed by atoms with Crippen molar-refractivity contribution in [2.24, 2.45) is 0 Å². The minimum atomic E-state index is -0.0113. The molecule has 1 aromatic rings. The minimum Gasteiger partial charge on any atom is -0.379 e. The van der Waals surface area contributed by atoms with Gasteiger partial charge in [0.2, 0.25) is 5.91 Å². The second kappa shape index (κ2) is 8.34. The lowest BCUT2D eigenvalue weighted by atomic mass is 10.0. The number of likely N-dealkylation sites (N-methyl/N-ethyl adjacent to an activating group) is 1. The number of nitrogens with zero attached hydrogens (tertiary/aromatic N) is 1. The molecule has 0 saturated carbocycles. The van der Waals surface area contributed by atoms with Crippen LogP contribution in [0, 0.1) is 0 Å². The SMILES string of the molecule is CNCC(=O)NCC(c1ccccc1Cl)N1CCOCC1. The Balaban J connectivity index is 2.10. The second-order valence-corrected chi connectivity index (χ2v) is 5.43. The summed E-state index contributed by atoms with van der Waals surface area (Å²) in [6.45, 7) is 3.98. The summed E-state index contributed by atoms with van der Waals surface area (Å²) in [5, 5.41) is 6.55. The molecule has 0 spiro atoms. The first-order valence-corrected chi connectivity index (χ1v) is 7.57. The van der Waals surface area contributed by atoms with E-state index in [9.17, 15) is 4.79 Å². The average molecular weight is 312 g/mol. The summed E-state index contributed by atoms with van der Waals surface area (Å²) in [6, 6.07) is 7.88. The van der Waals surface area contributed by atoms with Gasteiger partial charge in [0.1, 0.15) is 0 Å². The van der Waals surface area contributed by atoms with Crippen LogP contribution >= 0.6 is 11.6 Å². The summed E-state index contributed by atoms with van der Waals surface area (Å²) in [5.74, 6) is -0.0113. The molecule has 1 fully saturated rings. The number of nitrogens with one attached hydrogen (secondary N) is 2. The molecule has 0 bridgehead atoms. The Morgan fingerprint density at radius 1 is 1.38 bits per heavy atom. The van der Waals surface area contributed by atoms with Crippen molar-refractivity contribution in [2.45, 2.75) is 6.04 Å². The number of amides is 1. The zero-order chi connectivity index (χ0) is 15.1. The summed E-state index contributed by atoms with van der Waals surface area (Å²) in [7, 11) is 1.76. The highest BCUT2D eigenvalue weighted by Crippen LogP contribution is 2.27. The largest absolute Gasteiger partial charge is 0.379 e. The monoisotopic (exact) mass is 311 g/mol. The Bertz CT molecular complexity index is 464. The lowest BCUT2D eigenvalue weighted by molar-refractivity contribution is -0.120. The molecular formula is C15H22ClN3O2. The standard InChI is InChI=1S/C15H22ClN3O2/c1-17-11-15(20)18-10-14(19-6-8-21-9-7-19)12-4-2-3-5-13(12)16/h2-5,14,17H,6-11H2,1H3,(H,18,20). The minimum absolute atomic E-state index is 0.0113. The molecule has 1 aromatic carbocycles. The van der Waals surface area contributed by atoms with Crippen molar-refractivity contribution in [1.82, 2.24) is 15.5 Å². The van der Waals surface area contributed by atoms with E-state index in [2.05, 4.69) is 15.5 Å². The normalized spacial score (nSPS) is 17.4. The van der Waals surface area contributed by atoms with Gasteiger partial charge in [-0.2, -0.15) is 0 Å². The third-order valence-corrected chi connectivity index (χ3v) is 3.92. The number of morpholine rings is 1. The van der Waals surface area contributed by atoms with Gasteiger partial charge in [-0.05, 0) is 18.7 Å². The Morgan fingerprint density at radius 2 is 2.10 bits per heavy atom. The highest BCUT2D eigenvalue weighted by molar-refractivity contribution is 6.31. The molecule has 1 aliphatic heterocycles.